The van der Waals surface area contributed by atoms with Crippen LogP contribution >= 0.6 is 0 Å². The van der Waals surface area contributed by atoms with E-state index in [1.807, 2.05) is 36.4 Å². The van der Waals surface area contributed by atoms with Crippen LogP contribution in [0, 0.1) is 6.92 Å². The van der Waals surface area contributed by atoms with Crippen molar-refractivity contribution in [2.24, 2.45) is 0 Å². The molecule has 0 unspecified atom stereocenters. The first-order valence-electron chi connectivity index (χ1n) is 7.44. The van der Waals surface area contributed by atoms with E-state index in [4.69, 9.17) is 9.47 Å². The summed E-state index contributed by atoms with van der Waals surface area (Å²) < 4.78 is 11.2. The van der Waals surface area contributed by atoms with Gasteiger partial charge in [-0.2, -0.15) is 0 Å². The largest absolute Gasteiger partial charge is 0.494 e. The fraction of sp³-hybridized carbons (Fsp3) is 0.333. The highest BCUT2D eigenvalue weighted by Gasteiger charge is 1.98. The summed E-state index contributed by atoms with van der Waals surface area (Å²) in [6, 6.07) is 16.0. The molecule has 0 saturated heterocycles. The Bertz CT molecular complexity index is 537. The average molecular weight is 285 g/mol. The number of rotatable bonds is 8. The van der Waals surface area contributed by atoms with Crippen molar-refractivity contribution >= 4 is 5.69 Å². The zero-order valence-corrected chi connectivity index (χ0v) is 12.8. The van der Waals surface area contributed by atoms with E-state index in [-0.39, 0.29) is 0 Å². The van der Waals surface area contributed by atoms with Crippen LogP contribution in [0.15, 0.2) is 48.5 Å². The molecule has 112 valence electrons. The van der Waals surface area contributed by atoms with Crippen LogP contribution in [0.5, 0.6) is 11.5 Å². The van der Waals surface area contributed by atoms with Gasteiger partial charge in [-0.05, 0) is 49.2 Å². The minimum atomic E-state index is 0.628. The molecule has 21 heavy (non-hydrogen) atoms. The van der Waals surface area contributed by atoms with E-state index >= 15 is 0 Å². The van der Waals surface area contributed by atoms with Crippen molar-refractivity contribution in [3.05, 3.63) is 54.1 Å². The summed E-state index contributed by atoms with van der Waals surface area (Å²) in [7, 11) is 0. The Hall–Kier alpha value is -2.16. The van der Waals surface area contributed by atoms with Crippen LogP contribution < -0.4 is 14.8 Å². The van der Waals surface area contributed by atoms with Gasteiger partial charge in [0, 0.05) is 12.2 Å². The number of hydrogen-bond donors (Lipinski definition) is 1. The number of benzene rings is 2. The van der Waals surface area contributed by atoms with Gasteiger partial charge in [-0.1, -0.05) is 25.1 Å². The van der Waals surface area contributed by atoms with Crippen LogP contribution in [0.1, 0.15) is 18.9 Å². The maximum absolute atomic E-state index is 5.71. The van der Waals surface area contributed by atoms with E-state index < -0.39 is 0 Å². The second-order valence-electron chi connectivity index (χ2n) is 4.91. The number of anilines is 1. The lowest BCUT2D eigenvalue weighted by molar-refractivity contribution is 0.313. The summed E-state index contributed by atoms with van der Waals surface area (Å²) in [4.78, 5) is 0. The standard InChI is InChI=1S/C18H23NO2/c1-3-13-20-16-8-10-17(11-9-16)21-14-12-19-18-7-5-4-6-15(18)2/h4-11,19H,3,12-14H2,1-2H3. The first-order chi connectivity index (χ1) is 10.3. The molecule has 0 spiro atoms. The van der Waals surface area contributed by atoms with Gasteiger partial charge in [0.1, 0.15) is 18.1 Å². The van der Waals surface area contributed by atoms with Crippen LogP contribution in [0.25, 0.3) is 0 Å². The molecule has 1 N–H and O–H groups in total. The van der Waals surface area contributed by atoms with Gasteiger partial charge in [-0.3, -0.25) is 0 Å². The molecule has 3 heteroatoms. The zero-order chi connectivity index (χ0) is 14.9. The molecular weight excluding hydrogens is 262 g/mol. The Morgan fingerprint density at radius 2 is 1.48 bits per heavy atom. The van der Waals surface area contributed by atoms with Gasteiger partial charge >= 0.3 is 0 Å². The third-order valence-electron chi connectivity index (χ3n) is 3.13. The number of para-hydroxylation sites is 1. The zero-order valence-electron chi connectivity index (χ0n) is 12.8. The molecule has 3 nitrogen and oxygen atoms in total. The number of aryl methyl sites for hydroxylation is 1. The Kier molecular flexibility index (Phi) is 5.95. The van der Waals surface area contributed by atoms with E-state index in [1.54, 1.807) is 0 Å². The molecule has 0 amide bonds. The van der Waals surface area contributed by atoms with Crippen LogP contribution in [-0.4, -0.2) is 19.8 Å². The summed E-state index contributed by atoms with van der Waals surface area (Å²) in [5, 5.41) is 3.37. The quantitative estimate of drug-likeness (QED) is 0.735. The van der Waals surface area contributed by atoms with Gasteiger partial charge in [0.05, 0.1) is 6.61 Å². The summed E-state index contributed by atoms with van der Waals surface area (Å²) >= 11 is 0. The lowest BCUT2D eigenvalue weighted by Gasteiger charge is -2.11. The van der Waals surface area contributed by atoms with Gasteiger partial charge < -0.3 is 14.8 Å². The molecule has 0 aromatic heterocycles. The van der Waals surface area contributed by atoms with Crippen LogP contribution in [0.3, 0.4) is 0 Å². The number of ether oxygens (including phenoxy) is 2. The highest BCUT2D eigenvalue weighted by Crippen LogP contribution is 2.18. The van der Waals surface area contributed by atoms with E-state index in [2.05, 4.69) is 31.3 Å². The Labute approximate surface area is 126 Å². The normalized spacial score (nSPS) is 10.2. The Balaban J connectivity index is 1.72. The lowest BCUT2D eigenvalue weighted by atomic mass is 10.2. The highest BCUT2D eigenvalue weighted by atomic mass is 16.5. The molecule has 0 aliphatic heterocycles. The minimum absolute atomic E-state index is 0.628. The molecule has 0 aliphatic rings. The molecule has 0 heterocycles. The van der Waals surface area contributed by atoms with Crippen molar-refractivity contribution in [3.8, 4) is 11.5 Å². The van der Waals surface area contributed by atoms with Gasteiger partial charge in [-0.25, -0.2) is 0 Å². The fourth-order valence-electron chi connectivity index (χ4n) is 1.98. The number of nitrogens with one attached hydrogen (secondary N) is 1. The van der Waals surface area contributed by atoms with Crippen molar-refractivity contribution in [2.45, 2.75) is 20.3 Å². The first-order valence-corrected chi connectivity index (χ1v) is 7.44. The SMILES string of the molecule is CCCOc1ccc(OCCNc2ccccc2C)cc1. The summed E-state index contributed by atoms with van der Waals surface area (Å²) in [5.74, 6) is 1.76. The third kappa shape index (κ3) is 5.03. The second kappa shape index (κ2) is 8.20. The Morgan fingerprint density at radius 1 is 0.857 bits per heavy atom. The molecule has 2 aromatic carbocycles. The van der Waals surface area contributed by atoms with E-state index in [0.717, 1.165) is 36.8 Å². The molecular formula is C18H23NO2. The predicted molar refractivity (Wildman–Crippen MR) is 87.4 cm³/mol. The van der Waals surface area contributed by atoms with Crippen molar-refractivity contribution in [1.82, 2.24) is 0 Å². The lowest BCUT2D eigenvalue weighted by Crippen LogP contribution is -2.12. The summed E-state index contributed by atoms with van der Waals surface area (Å²) in [5.41, 5.74) is 2.40. The maximum atomic E-state index is 5.71. The van der Waals surface area contributed by atoms with Crippen LogP contribution in [-0.2, 0) is 0 Å². The average Bonchev–Trinajstić information content (AvgIpc) is 2.52. The van der Waals surface area contributed by atoms with E-state index in [0.29, 0.717) is 6.61 Å². The molecule has 0 atom stereocenters. The first kappa shape index (κ1) is 15.2. The molecule has 0 aliphatic carbocycles. The highest BCUT2D eigenvalue weighted by molar-refractivity contribution is 5.50. The van der Waals surface area contributed by atoms with Crippen molar-refractivity contribution in [3.63, 3.8) is 0 Å². The van der Waals surface area contributed by atoms with Gasteiger partial charge in [-0.15, -0.1) is 0 Å². The molecule has 0 radical (unpaired) electrons. The summed E-state index contributed by atoms with van der Waals surface area (Å²) in [6.45, 7) is 6.35. The van der Waals surface area contributed by atoms with Crippen molar-refractivity contribution in [2.75, 3.05) is 25.1 Å². The smallest absolute Gasteiger partial charge is 0.119 e. The van der Waals surface area contributed by atoms with Gasteiger partial charge in [0.25, 0.3) is 0 Å². The monoisotopic (exact) mass is 285 g/mol. The third-order valence-corrected chi connectivity index (χ3v) is 3.13. The molecule has 2 rings (SSSR count). The number of hydrogen-bond acceptors (Lipinski definition) is 3. The van der Waals surface area contributed by atoms with Crippen molar-refractivity contribution < 1.29 is 9.47 Å². The molecule has 0 bridgehead atoms. The van der Waals surface area contributed by atoms with Gasteiger partial charge in [0.15, 0.2) is 0 Å². The molecule has 0 saturated carbocycles. The topological polar surface area (TPSA) is 30.5 Å². The fourth-order valence-corrected chi connectivity index (χ4v) is 1.98. The minimum Gasteiger partial charge on any atom is -0.494 e. The second-order valence-corrected chi connectivity index (χ2v) is 4.91. The summed E-state index contributed by atoms with van der Waals surface area (Å²) in [6.07, 6.45) is 1.02. The van der Waals surface area contributed by atoms with Crippen LogP contribution in [0.4, 0.5) is 5.69 Å². The van der Waals surface area contributed by atoms with Gasteiger partial charge in [0.2, 0.25) is 0 Å². The predicted octanol–water partition coefficient (Wildman–Crippen LogP) is 4.27. The van der Waals surface area contributed by atoms with Crippen molar-refractivity contribution in [1.29, 1.82) is 0 Å². The maximum Gasteiger partial charge on any atom is 0.119 e. The van der Waals surface area contributed by atoms with E-state index in [1.165, 1.54) is 5.56 Å². The van der Waals surface area contributed by atoms with E-state index in [9.17, 15) is 0 Å². The molecule has 2 aromatic rings. The molecule has 0 fully saturated rings. The van der Waals surface area contributed by atoms with Crippen LogP contribution in [0.2, 0.25) is 0 Å². The Morgan fingerprint density at radius 3 is 2.10 bits per heavy atom.